The molecule has 18 atom stereocenters. The van der Waals surface area contributed by atoms with E-state index in [2.05, 4.69) is 25.8 Å². The lowest BCUT2D eigenvalue weighted by Crippen LogP contribution is -2.70. The van der Waals surface area contributed by atoms with Crippen LogP contribution < -0.4 is 15.5 Å². The largest absolute Gasteiger partial charge is 0.459 e. The molecule has 2 amide bonds. The van der Waals surface area contributed by atoms with Gasteiger partial charge in [-0.25, -0.2) is 9.78 Å². The second-order valence-electron chi connectivity index (χ2n) is 19.6. The maximum atomic E-state index is 14.5. The SMILES string of the molecule is CCCNC[C@]1(O)[C@H](C)O[C@@H](O[C@H]2[C@H](C)[C@@H](O[C@@H]3O[C@H](C)C[C@H](N(C)C(=O)N(C)c4nccnn4)[C@H]3O)[C@](C)(O)C[C@@H](C)CN[C@H](C)[C@@H](O)[C@](C)(O)[C@@H](CC)OC(=O)[C@@H]2C)C[C@@]1(C)OC. The number of esters is 1. The van der Waals surface area contributed by atoms with Gasteiger partial charge in [-0.1, -0.05) is 27.7 Å². The van der Waals surface area contributed by atoms with Gasteiger partial charge in [-0.15, -0.1) is 5.10 Å². The summed E-state index contributed by atoms with van der Waals surface area (Å²) < 4.78 is 38.5. The summed E-state index contributed by atoms with van der Waals surface area (Å²) in [4.78, 5) is 35.0. The Hall–Kier alpha value is -2.73. The number of cyclic esters (lactones) is 1. The van der Waals surface area contributed by atoms with Crippen LogP contribution in [-0.4, -0.2) is 188 Å². The Morgan fingerprint density at radius 3 is 2.28 bits per heavy atom. The molecule has 3 aliphatic rings. The van der Waals surface area contributed by atoms with Crippen molar-refractivity contribution in [2.75, 3.05) is 45.7 Å². The number of aliphatic hydroxyl groups excluding tert-OH is 2. The second-order valence-corrected chi connectivity index (χ2v) is 19.6. The second kappa shape index (κ2) is 22.6. The monoisotopic (exact) mass is 928 g/mol. The Morgan fingerprint density at radius 2 is 1.68 bits per heavy atom. The van der Waals surface area contributed by atoms with Crippen LogP contribution >= 0.6 is 0 Å². The van der Waals surface area contributed by atoms with Gasteiger partial charge in [0.1, 0.15) is 35.1 Å². The summed E-state index contributed by atoms with van der Waals surface area (Å²) in [5.41, 5.74) is -6.26. The third-order valence-electron chi connectivity index (χ3n) is 14.2. The summed E-state index contributed by atoms with van der Waals surface area (Å²) in [6.45, 7) is 20.3. The Labute approximate surface area is 385 Å². The first kappa shape index (κ1) is 54.9. The number of anilines is 1. The first-order chi connectivity index (χ1) is 30.3. The quantitative estimate of drug-likeness (QED) is 0.116. The molecule has 65 heavy (non-hydrogen) atoms. The fourth-order valence-corrected chi connectivity index (χ4v) is 9.94. The molecule has 1 aromatic rings. The van der Waals surface area contributed by atoms with Crippen molar-refractivity contribution in [1.29, 1.82) is 0 Å². The third-order valence-corrected chi connectivity index (χ3v) is 14.2. The molecule has 3 fully saturated rings. The van der Waals surface area contributed by atoms with E-state index in [9.17, 15) is 35.1 Å². The van der Waals surface area contributed by atoms with Crippen molar-refractivity contribution in [3.05, 3.63) is 12.4 Å². The highest BCUT2D eigenvalue weighted by molar-refractivity contribution is 5.89. The average molecular weight is 928 g/mol. The molecule has 3 saturated heterocycles. The number of hydrogen-bond acceptors (Lipinski definition) is 18. The number of aromatic nitrogens is 3. The number of rotatable bonds is 12. The fourth-order valence-electron chi connectivity index (χ4n) is 9.94. The molecule has 0 radical (unpaired) electrons. The van der Waals surface area contributed by atoms with Gasteiger partial charge >= 0.3 is 12.0 Å². The molecule has 20 heteroatoms. The number of carbonyl (C=O) groups excluding carboxylic acids is 2. The standard InChI is InChI=1S/C45H81N7O13/c1-15-17-46-24-45(59)30(8)62-33(22-43(45,10)60-14)64-35-27(5)37(65-39-34(53)31(20-26(4)61-39)51(12)41(56)52(13)40-47-18-19-49-50-40)42(9,57)21-25(3)23-48-29(7)36(54)44(11,58)32(16-2)63-38(55)28(35)6/h18-19,25-37,39,46,48,53-54,57-59H,15-17,20-24H2,1-14H3/t25-,26-,27+,28-,29-,30+,31+,32-,33+,34-,35+,36-,37-,39+,42-,43-,44-,45+/m1/s1. The van der Waals surface area contributed by atoms with Crippen molar-refractivity contribution >= 4 is 17.9 Å². The normalized spacial score (nSPS) is 42.6. The van der Waals surface area contributed by atoms with Gasteiger partial charge in [-0.3, -0.25) is 9.69 Å². The zero-order chi connectivity index (χ0) is 48.8. The number of aliphatic hydroxyl groups is 5. The third kappa shape index (κ3) is 12.3. The molecule has 1 aromatic heterocycles. The Kier molecular flexibility index (Phi) is 19.1. The number of hydrogen-bond donors (Lipinski definition) is 7. The van der Waals surface area contributed by atoms with E-state index in [1.807, 2.05) is 13.8 Å². The first-order valence-corrected chi connectivity index (χ1v) is 23.3. The minimum absolute atomic E-state index is 0.0344. The highest BCUT2D eigenvalue weighted by atomic mass is 16.7. The van der Waals surface area contributed by atoms with E-state index in [1.54, 1.807) is 62.4 Å². The molecule has 0 aliphatic carbocycles. The van der Waals surface area contributed by atoms with Crippen molar-refractivity contribution in [3.63, 3.8) is 0 Å². The van der Waals surface area contributed by atoms with Crippen LogP contribution in [0.1, 0.15) is 108 Å². The molecule has 0 aromatic carbocycles. The predicted molar refractivity (Wildman–Crippen MR) is 239 cm³/mol. The number of methoxy groups -OCH3 is 1. The van der Waals surface area contributed by atoms with E-state index in [-0.39, 0.29) is 44.1 Å². The van der Waals surface area contributed by atoms with Crippen LogP contribution in [0.2, 0.25) is 0 Å². The van der Waals surface area contributed by atoms with Crippen LogP contribution in [0.15, 0.2) is 12.4 Å². The highest BCUT2D eigenvalue weighted by Crippen LogP contribution is 2.43. The van der Waals surface area contributed by atoms with Gasteiger partial charge in [-0.2, -0.15) is 5.10 Å². The maximum Gasteiger partial charge on any atom is 0.326 e. The van der Waals surface area contributed by atoms with Gasteiger partial charge in [0, 0.05) is 46.1 Å². The number of nitrogens with one attached hydrogen (secondary N) is 2. The summed E-state index contributed by atoms with van der Waals surface area (Å²) in [6, 6.07) is -2.00. The number of ether oxygens (including phenoxy) is 6. The number of nitrogens with zero attached hydrogens (tertiary/aromatic N) is 5. The van der Waals surface area contributed by atoms with Crippen LogP contribution in [0.5, 0.6) is 0 Å². The number of amides is 2. The molecule has 4 rings (SSSR count). The van der Waals surface area contributed by atoms with Gasteiger partial charge in [0.25, 0.3) is 5.95 Å². The van der Waals surface area contributed by atoms with Gasteiger partial charge in [-0.05, 0) is 93.2 Å². The summed E-state index contributed by atoms with van der Waals surface area (Å²) in [5.74, 6) is -2.97. The Morgan fingerprint density at radius 1 is 1.00 bits per heavy atom. The van der Waals surface area contributed by atoms with E-state index in [0.29, 0.717) is 13.1 Å². The van der Waals surface area contributed by atoms with Crippen LogP contribution in [0.25, 0.3) is 0 Å². The minimum atomic E-state index is -1.87. The lowest BCUT2D eigenvalue weighted by atomic mass is 9.75. The van der Waals surface area contributed by atoms with Crippen LogP contribution in [-0.2, 0) is 33.2 Å². The maximum absolute atomic E-state index is 14.5. The van der Waals surface area contributed by atoms with Gasteiger partial charge < -0.3 is 69.5 Å². The van der Waals surface area contributed by atoms with E-state index in [0.717, 1.165) is 6.42 Å². The smallest absolute Gasteiger partial charge is 0.326 e. The Balaban J connectivity index is 1.80. The molecule has 4 heterocycles. The minimum Gasteiger partial charge on any atom is -0.459 e. The number of urea groups is 1. The van der Waals surface area contributed by atoms with E-state index in [4.69, 9.17) is 28.4 Å². The van der Waals surface area contributed by atoms with Crippen LogP contribution in [0, 0.1) is 17.8 Å². The Bertz CT molecular complexity index is 1670. The molecule has 20 nitrogen and oxygen atoms in total. The van der Waals surface area contributed by atoms with Gasteiger partial charge in [0.05, 0.1) is 54.4 Å². The summed E-state index contributed by atoms with van der Waals surface area (Å²) in [5, 5.41) is 74.5. The van der Waals surface area contributed by atoms with Crippen LogP contribution in [0.3, 0.4) is 0 Å². The van der Waals surface area contributed by atoms with Gasteiger partial charge in [0.2, 0.25) is 0 Å². The molecule has 0 saturated carbocycles. The van der Waals surface area contributed by atoms with Crippen molar-refractivity contribution in [2.24, 2.45) is 17.8 Å². The molecule has 0 spiro atoms. The summed E-state index contributed by atoms with van der Waals surface area (Å²) in [7, 11) is 4.55. The first-order valence-electron chi connectivity index (χ1n) is 23.3. The summed E-state index contributed by atoms with van der Waals surface area (Å²) >= 11 is 0. The van der Waals surface area contributed by atoms with E-state index < -0.39 is 114 Å². The lowest BCUT2D eigenvalue weighted by molar-refractivity contribution is -0.336. The molecule has 0 unspecified atom stereocenters. The zero-order valence-electron chi connectivity index (χ0n) is 41.1. The predicted octanol–water partition coefficient (Wildman–Crippen LogP) is 1.74. The van der Waals surface area contributed by atoms with E-state index >= 15 is 0 Å². The van der Waals surface area contributed by atoms with Gasteiger partial charge in [0.15, 0.2) is 12.6 Å². The highest BCUT2D eigenvalue weighted by Gasteiger charge is 2.58. The lowest BCUT2D eigenvalue weighted by Gasteiger charge is -2.53. The summed E-state index contributed by atoms with van der Waals surface area (Å²) in [6.07, 6.45) is -5.90. The van der Waals surface area contributed by atoms with Crippen LogP contribution in [0.4, 0.5) is 10.7 Å². The molecule has 374 valence electrons. The molecule has 0 bridgehead atoms. The molecule has 3 aliphatic heterocycles. The van der Waals surface area contributed by atoms with Crippen molar-refractivity contribution in [3.8, 4) is 0 Å². The number of likely N-dealkylation sites (N-methyl/N-ethyl adjacent to an activating group) is 1. The molecule has 7 N–H and O–H groups in total. The molecular formula is C45H81N7O13. The van der Waals surface area contributed by atoms with Crippen molar-refractivity contribution < 1.29 is 63.5 Å². The van der Waals surface area contributed by atoms with Crippen molar-refractivity contribution in [1.82, 2.24) is 30.7 Å². The average Bonchev–Trinajstić information content (AvgIpc) is 3.26. The number of carbonyl (C=O) groups is 2. The zero-order valence-corrected chi connectivity index (χ0v) is 41.1. The van der Waals surface area contributed by atoms with E-state index in [1.165, 1.54) is 43.3 Å². The van der Waals surface area contributed by atoms with Crippen molar-refractivity contribution in [2.45, 2.75) is 198 Å². The fraction of sp³-hybridized carbons (Fsp3) is 0.889. The topological polar surface area (TPSA) is 260 Å². The molecular weight excluding hydrogens is 847 g/mol.